The fourth-order valence-corrected chi connectivity index (χ4v) is 2.38. The third-order valence-electron chi connectivity index (χ3n) is 3.27. The van der Waals surface area contributed by atoms with E-state index in [4.69, 9.17) is 21.1 Å². The summed E-state index contributed by atoms with van der Waals surface area (Å²) in [5.41, 5.74) is 0.993. The van der Waals surface area contributed by atoms with E-state index in [0.717, 1.165) is 0 Å². The van der Waals surface area contributed by atoms with Crippen molar-refractivity contribution in [2.24, 2.45) is 0 Å². The highest BCUT2D eigenvalue weighted by atomic mass is 35.5. The number of methoxy groups -OCH3 is 1. The molecule has 0 heterocycles. The molecular formula is C19H21ClN2O4. The topological polar surface area (TPSA) is 76.7 Å². The van der Waals surface area contributed by atoms with E-state index in [1.165, 1.54) is 7.11 Å². The van der Waals surface area contributed by atoms with Gasteiger partial charge in [-0.2, -0.15) is 0 Å². The molecule has 2 amide bonds. The molecule has 0 atom stereocenters. The lowest BCUT2D eigenvalue weighted by molar-refractivity contribution is -0.123. The van der Waals surface area contributed by atoms with Gasteiger partial charge in [0.2, 0.25) is 11.8 Å². The van der Waals surface area contributed by atoms with Gasteiger partial charge in [0.1, 0.15) is 17.9 Å². The molecule has 0 aliphatic rings. The Morgan fingerprint density at radius 1 is 1.04 bits per heavy atom. The van der Waals surface area contributed by atoms with Gasteiger partial charge in [0.05, 0.1) is 18.9 Å². The molecule has 26 heavy (non-hydrogen) atoms. The lowest BCUT2D eigenvalue weighted by atomic mass is 10.2. The molecule has 0 aliphatic heterocycles. The highest BCUT2D eigenvalue weighted by Crippen LogP contribution is 2.27. The summed E-state index contributed by atoms with van der Waals surface area (Å²) in [5, 5.41) is 5.74. The van der Waals surface area contributed by atoms with Crippen molar-refractivity contribution in [3.05, 3.63) is 47.5 Å². The first kappa shape index (κ1) is 19.6. The molecule has 0 fully saturated rings. The van der Waals surface area contributed by atoms with Crippen molar-refractivity contribution in [2.45, 2.75) is 26.4 Å². The number of benzene rings is 2. The van der Waals surface area contributed by atoms with Crippen molar-refractivity contribution in [3.8, 4) is 11.5 Å². The van der Waals surface area contributed by atoms with Gasteiger partial charge in [-0.05, 0) is 56.3 Å². The van der Waals surface area contributed by atoms with Gasteiger partial charge in [-0.1, -0.05) is 11.6 Å². The van der Waals surface area contributed by atoms with Crippen LogP contribution in [0.2, 0.25) is 5.02 Å². The van der Waals surface area contributed by atoms with Crippen LogP contribution in [0, 0.1) is 0 Å². The van der Waals surface area contributed by atoms with Gasteiger partial charge in [0, 0.05) is 10.7 Å². The van der Waals surface area contributed by atoms with Crippen LogP contribution in [0.5, 0.6) is 11.5 Å². The standard InChI is InChI=1S/C19H21ClN2O4/c1-12(2)26-15-7-5-14(6-8-15)21-18(23)11-19(24)22-16-10-13(20)4-9-17(16)25-3/h4-10,12H,11H2,1-3H3,(H,21,23)(H,22,24). The van der Waals surface area contributed by atoms with Crippen LogP contribution in [0.4, 0.5) is 11.4 Å². The van der Waals surface area contributed by atoms with Crippen molar-refractivity contribution in [1.29, 1.82) is 0 Å². The molecule has 0 saturated heterocycles. The number of amides is 2. The minimum absolute atomic E-state index is 0.0719. The van der Waals surface area contributed by atoms with E-state index < -0.39 is 11.8 Å². The highest BCUT2D eigenvalue weighted by molar-refractivity contribution is 6.31. The van der Waals surface area contributed by atoms with Crippen LogP contribution in [-0.4, -0.2) is 25.0 Å². The first-order chi connectivity index (χ1) is 12.4. The van der Waals surface area contributed by atoms with E-state index >= 15 is 0 Å². The number of hydrogen-bond donors (Lipinski definition) is 2. The van der Waals surface area contributed by atoms with Gasteiger partial charge in [0.15, 0.2) is 0 Å². The molecule has 0 unspecified atom stereocenters. The third-order valence-corrected chi connectivity index (χ3v) is 3.50. The molecule has 6 nitrogen and oxygen atoms in total. The predicted molar refractivity (Wildman–Crippen MR) is 102 cm³/mol. The van der Waals surface area contributed by atoms with E-state index in [9.17, 15) is 9.59 Å². The zero-order chi connectivity index (χ0) is 19.1. The van der Waals surface area contributed by atoms with Gasteiger partial charge in [-0.15, -0.1) is 0 Å². The Hall–Kier alpha value is -2.73. The summed E-state index contributed by atoms with van der Waals surface area (Å²) in [6, 6.07) is 11.8. The SMILES string of the molecule is COc1ccc(Cl)cc1NC(=O)CC(=O)Nc1ccc(OC(C)C)cc1. The summed E-state index contributed by atoms with van der Waals surface area (Å²) in [7, 11) is 1.48. The maximum Gasteiger partial charge on any atom is 0.233 e. The molecule has 2 aromatic rings. The molecule has 0 saturated carbocycles. The lowest BCUT2D eigenvalue weighted by Gasteiger charge is -2.12. The molecule has 2 N–H and O–H groups in total. The van der Waals surface area contributed by atoms with E-state index in [1.54, 1.807) is 42.5 Å². The smallest absolute Gasteiger partial charge is 0.233 e. The Morgan fingerprint density at radius 3 is 2.31 bits per heavy atom. The van der Waals surface area contributed by atoms with Crippen molar-refractivity contribution in [3.63, 3.8) is 0 Å². The molecule has 0 aromatic heterocycles. The van der Waals surface area contributed by atoms with Gasteiger partial charge in [0.25, 0.3) is 0 Å². The van der Waals surface area contributed by atoms with Crippen LogP contribution >= 0.6 is 11.6 Å². The number of carbonyl (C=O) groups excluding carboxylic acids is 2. The Balaban J connectivity index is 1.91. The van der Waals surface area contributed by atoms with E-state index in [0.29, 0.717) is 27.9 Å². The van der Waals surface area contributed by atoms with Crippen molar-refractivity contribution >= 4 is 34.8 Å². The molecule has 2 rings (SSSR count). The quantitative estimate of drug-likeness (QED) is 0.713. The highest BCUT2D eigenvalue weighted by Gasteiger charge is 2.13. The number of ether oxygens (including phenoxy) is 2. The van der Waals surface area contributed by atoms with Crippen LogP contribution < -0.4 is 20.1 Å². The van der Waals surface area contributed by atoms with Crippen molar-refractivity contribution in [1.82, 2.24) is 0 Å². The molecule has 0 spiro atoms. The number of carbonyl (C=O) groups is 2. The van der Waals surface area contributed by atoms with Crippen LogP contribution in [-0.2, 0) is 9.59 Å². The van der Waals surface area contributed by atoms with E-state index in [1.807, 2.05) is 13.8 Å². The Kier molecular flexibility index (Phi) is 6.86. The zero-order valence-electron chi connectivity index (χ0n) is 14.8. The summed E-state index contributed by atoms with van der Waals surface area (Å²) in [4.78, 5) is 24.1. The molecule has 138 valence electrons. The first-order valence-corrected chi connectivity index (χ1v) is 8.45. The van der Waals surface area contributed by atoms with Gasteiger partial charge >= 0.3 is 0 Å². The molecular weight excluding hydrogens is 356 g/mol. The Morgan fingerprint density at radius 2 is 1.69 bits per heavy atom. The molecule has 0 radical (unpaired) electrons. The maximum absolute atomic E-state index is 12.1. The number of nitrogens with one attached hydrogen (secondary N) is 2. The number of hydrogen-bond acceptors (Lipinski definition) is 4. The van der Waals surface area contributed by atoms with Gasteiger partial charge in [-0.25, -0.2) is 0 Å². The predicted octanol–water partition coefficient (Wildman–Crippen LogP) is 4.10. The van der Waals surface area contributed by atoms with Crippen molar-refractivity contribution < 1.29 is 19.1 Å². The van der Waals surface area contributed by atoms with Crippen LogP contribution in [0.1, 0.15) is 20.3 Å². The normalized spacial score (nSPS) is 10.3. The van der Waals surface area contributed by atoms with Gasteiger partial charge < -0.3 is 20.1 Å². The second kappa shape index (κ2) is 9.10. The monoisotopic (exact) mass is 376 g/mol. The van der Waals surface area contributed by atoms with Crippen LogP contribution in [0.25, 0.3) is 0 Å². The van der Waals surface area contributed by atoms with Crippen molar-refractivity contribution in [2.75, 3.05) is 17.7 Å². The van der Waals surface area contributed by atoms with E-state index in [-0.39, 0.29) is 12.5 Å². The maximum atomic E-state index is 12.1. The molecule has 7 heteroatoms. The summed E-state index contributed by atoms with van der Waals surface area (Å²) in [6.45, 7) is 3.87. The average Bonchev–Trinajstić information content (AvgIpc) is 2.56. The minimum atomic E-state index is -0.470. The second-order valence-electron chi connectivity index (χ2n) is 5.81. The van der Waals surface area contributed by atoms with Gasteiger partial charge in [-0.3, -0.25) is 9.59 Å². The second-order valence-corrected chi connectivity index (χ2v) is 6.25. The first-order valence-electron chi connectivity index (χ1n) is 8.07. The molecule has 0 aliphatic carbocycles. The number of anilines is 2. The summed E-state index contributed by atoms with van der Waals surface area (Å²) < 4.78 is 10.7. The molecule has 0 bridgehead atoms. The fraction of sp³-hybridized carbons (Fsp3) is 0.263. The van der Waals surface area contributed by atoms with Crippen LogP contribution in [0.3, 0.4) is 0 Å². The fourth-order valence-electron chi connectivity index (χ4n) is 2.21. The minimum Gasteiger partial charge on any atom is -0.495 e. The summed E-state index contributed by atoms with van der Waals surface area (Å²) in [6.07, 6.45) is -0.262. The van der Waals surface area contributed by atoms with E-state index in [2.05, 4.69) is 10.6 Å². The average molecular weight is 377 g/mol. The Labute approximate surface area is 157 Å². The number of rotatable bonds is 7. The van der Waals surface area contributed by atoms with Crippen LogP contribution in [0.15, 0.2) is 42.5 Å². The summed E-state index contributed by atoms with van der Waals surface area (Å²) in [5.74, 6) is 0.275. The largest absolute Gasteiger partial charge is 0.495 e. The Bertz CT molecular complexity index is 776. The lowest BCUT2D eigenvalue weighted by Crippen LogP contribution is -2.21. The zero-order valence-corrected chi connectivity index (χ0v) is 15.6. The molecule has 2 aromatic carbocycles. The summed E-state index contributed by atoms with van der Waals surface area (Å²) >= 11 is 5.92. The third kappa shape index (κ3) is 5.97. The number of halogens is 1.